The third-order valence-electron chi connectivity index (χ3n) is 2.83. The molecule has 0 bridgehead atoms. The molecular weight excluding hydrogens is 262 g/mol. The molecule has 2 aromatic rings. The van der Waals surface area contributed by atoms with Crippen LogP contribution in [0.25, 0.3) is 0 Å². The van der Waals surface area contributed by atoms with Crippen molar-refractivity contribution in [1.29, 1.82) is 0 Å². The maximum absolute atomic E-state index is 11.8. The Bertz CT molecular complexity index is 729. The van der Waals surface area contributed by atoms with Gasteiger partial charge in [0, 0.05) is 25.0 Å². The molecule has 0 aliphatic heterocycles. The van der Waals surface area contributed by atoms with Crippen LogP contribution in [0.2, 0.25) is 0 Å². The molecule has 0 atom stereocenters. The van der Waals surface area contributed by atoms with Gasteiger partial charge >= 0.3 is 11.1 Å². The van der Waals surface area contributed by atoms with Crippen molar-refractivity contribution in [3.8, 4) is 0 Å². The Morgan fingerprint density at radius 2 is 1.79 bits per heavy atom. The minimum absolute atomic E-state index is 0.331. The summed E-state index contributed by atoms with van der Waals surface area (Å²) in [4.78, 5) is 23.6. The zero-order valence-electron chi connectivity index (χ0n) is 10.4. The highest BCUT2D eigenvalue weighted by Crippen LogP contribution is 2.05. The van der Waals surface area contributed by atoms with Gasteiger partial charge in [-0.15, -0.1) is 0 Å². The molecule has 0 fully saturated rings. The molecule has 1 aromatic carbocycles. The topological polar surface area (TPSA) is 70.0 Å². The van der Waals surface area contributed by atoms with Gasteiger partial charge in [-0.2, -0.15) is 0 Å². The summed E-state index contributed by atoms with van der Waals surface area (Å²) >= 11 is 4.87. The molecule has 5 nitrogen and oxygen atoms in total. The first-order chi connectivity index (χ1) is 8.99. The Morgan fingerprint density at radius 1 is 1.16 bits per heavy atom. The lowest BCUT2D eigenvalue weighted by atomic mass is 10.1. The first-order valence-electron chi connectivity index (χ1n) is 5.64. The first kappa shape index (κ1) is 13.2. The van der Waals surface area contributed by atoms with Gasteiger partial charge in [-0.05, 0) is 5.56 Å². The molecule has 0 spiro atoms. The molecule has 2 N–H and O–H groups in total. The molecule has 19 heavy (non-hydrogen) atoms. The highest BCUT2D eigenvalue weighted by Gasteiger charge is 2.03. The molecule has 2 rings (SSSR count). The third-order valence-corrected chi connectivity index (χ3v) is 3.06. The van der Waals surface area contributed by atoms with Gasteiger partial charge in [0.1, 0.15) is 4.99 Å². The summed E-state index contributed by atoms with van der Waals surface area (Å²) in [5.41, 5.74) is 6.10. The zero-order valence-corrected chi connectivity index (χ0v) is 11.2. The fourth-order valence-electron chi connectivity index (χ4n) is 1.69. The monoisotopic (exact) mass is 275 g/mol. The summed E-state index contributed by atoms with van der Waals surface area (Å²) in [5, 5.41) is 0. The molecule has 0 unspecified atom stereocenters. The Labute approximate surface area is 114 Å². The Kier molecular flexibility index (Phi) is 3.62. The van der Waals surface area contributed by atoms with Crippen molar-refractivity contribution in [3.05, 3.63) is 68.5 Å². The second kappa shape index (κ2) is 5.19. The number of nitrogens with two attached hydrogens (primary N) is 1. The van der Waals surface area contributed by atoms with E-state index in [2.05, 4.69) is 0 Å². The van der Waals surface area contributed by atoms with Crippen LogP contribution in [-0.2, 0) is 13.6 Å². The molecule has 0 radical (unpaired) electrons. The lowest BCUT2D eigenvalue weighted by Crippen LogP contribution is -2.39. The Morgan fingerprint density at radius 3 is 2.37 bits per heavy atom. The van der Waals surface area contributed by atoms with Gasteiger partial charge in [-0.25, -0.2) is 0 Å². The van der Waals surface area contributed by atoms with Crippen molar-refractivity contribution in [2.24, 2.45) is 12.8 Å². The molecule has 6 heteroatoms. The van der Waals surface area contributed by atoms with Crippen LogP contribution in [0.1, 0.15) is 11.1 Å². The van der Waals surface area contributed by atoms with Gasteiger partial charge in [0.05, 0.1) is 6.54 Å². The van der Waals surface area contributed by atoms with Crippen molar-refractivity contribution in [2.75, 3.05) is 0 Å². The predicted octanol–water partition coefficient (Wildman–Crippen LogP) is 0.229. The molecule has 0 amide bonds. The van der Waals surface area contributed by atoms with E-state index < -0.39 is 11.1 Å². The SMILES string of the molecule is Cn1ccn(Cc2ccc(C(N)=S)cc2)c(=O)c1=O. The smallest absolute Gasteiger partial charge is 0.316 e. The highest BCUT2D eigenvalue weighted by molar-refractivity contribution is 7.80. The average Bonchev–Trinajstić information content (AvgIpc) is 2.40. The van der Waals surface area contributed by atoms with E-state index in [9.17, 15) is 9.59 Å². The van der Waals surface area contributed by atoms with Gasteiger partial charge in [0.25, 0.3) is 0 Å². The number of aryl methyl sites for hydroxylation is 1. The maximum Gasteiger partial charge on any atom is 0.316 e. The van der Waals surface area contributed by atoms with Crippen molar-refractivity contribution >= 4 is 17.2 Å². The minimum Gasteiger partial charge on any atom is -0.389 e. The molecular formula is C13H13N3O2S. The van der Waals surface area contributed by atoms with Gasteiger partial charge in [0.2, 0.25) is 0 Å². The van der Waals surface area contributed by atoms with Crippen LogP contribution >= 0.6 is 12.2 Å². The Balaban J connectivity index is 2.32. The van der Waals surface area contributed by atoms with Crippen LogP contribution in [0.15, 0.2) is 46.2 Å². The molecule has 0 aliphatic rings. The number of aromatic nitrogens is 2. The minimum atomic E-state index is -0.540. The van der Waals surface area contributed by atoms with Crippen LogP contribution < -0.4 is 16.9 Å². The third kappa shape index (κ3) is 2.79. The molecule has 0 aliphatic carbocycles. The fourth-order valence-corrected chi connectivity index (χ4v) is 1.82. The summed E-state index contributed by atoms with van der Waals surface area (Å²) in [6.07, 6.45) is 3.15. The van der Waals surface area contributed by atoms with Crippen LogP contribution in [0.4, 0.5) is 0 Å². The Hall–Kier alpha value is -2.21. The van der Waals surface area contributed by atoms with Crippen molar-refractivity contribution in [1.82, 2.24) is 9.13 Å². The normalized spacial score (nSPS) is 10.4. The number of benzene rings is 1. The second-order valence-corrected chi connectivity index (χ2v) is 4.65. The van der Waals surface area contributed by atoms with Gasteiger partial charge in [0.15, 0.2) is 0 Å². The predicted molar refractivity (Wildman–Crippen MR) is 77.4 cm³/mol. The maximum atomic E-state index is 11.8. The van der Waals surface area contributed by atoms with E-state index >= 15 is 0 Å². The van der Waals surface area contributed by atoms with Crippen LogP contribution in [0, 0.1) is 0 Å². The van der Waals surface area contributed by atoms with Crippen molar-refractivity contribution < 1.29 is 0 Å². The number of rotatable bonds is 3. The number of thiocarbonyl (C=S) groups is 1. The summed E-state index contributed by atoms with van der Waals surface area (Å²) in [7, 11) is 1.55. The standard InChI is InChI=1S/C13H13N3O2S/c1-15-6-7-16(13(18)12(15)17)8-9-2-4-10(5-3-9)11(14)19/h2-7H,8H2,1H3,(H2,14,19). The molecule has 98 valence electrons. The summed E-state index contributed by atoms with van der Waals surface area (Å²) in [5.74, 6) is 0. The van der Waals surface area contributed by atoms with Crippen molar-refractivity contribution in [2.45, 2.75) is 6.54 Å². The summed E-state index contributed by atoms with van der Waals surface area (Å²) in [6.45, 7) is 0.340. The van der Waals surface area contributed by atoms with Crippen LogP contribution in [-0.4, -0.2) is 14.1 Å². The number of nitrogens with zero attached hydrogens (tertiary/aromatic N) is 2. The average molecular weight is 275 g/mol. The van der Waals surface area contributed by atoms with Gasteiger partial charge in [-0.3, -0.25) is 9.59 Å². The fraction of sp³-hybridized carbons (Fsp3) is 0.154. The molecule has 0 saturated carbocycles. The van der Waals surface area contributed by atoms with E-state index in [-0.39, 0.29) is 0 Å². The van der Waals surface area contributed by atoms with E-state index in [4.69, 9.17) is 18.0 Å². The largest absolute Gasteiger partial charge is 0.389 e. The highest BCUT2D eigenvalue weighted by atomic mass is 32.1. The van der Waals surface area contributed by atoms with E-state index in [1.165, 1.54) is 9.13 Å². The van der Waals surface area contributed by atoms with E-state index in [1.54, 1.807) is 31.6 Å². The summed E-state index contributed by atoms with van der Waals surface area (Å²) < 4.78 is 2.63. The number of hydrogen-bond donors (Lipinski definition) is 1. The van der Waals surface area contributed by atoms with E-state index in [0.717, 1.165) is 11.1 Å². The molecule has 1 aromatic heterocycles. The quantitative estimate of drug-likeness (QED) is 0.643. The zero-order chi connectivity index (χ0) is 14.0. The summed E-state index contributed by atoms with van der Waals surface area (Å²) in [6, 6.07) is 7.25. The second-order valence-electron chi connectivity index (χ2n) is 4.21. The number of hydrogen-bond acceptors (Lipinski definition) is 3. The lowest BCUT2D eigenvalue weighted by Gasteiger charge is -2.07. The van der Waals surface area contributed by atoms with Crippen LogP contribution in [0.3, 0.4) is 0 Å². The van der Waals surface area contributed by atoms with E-state index in [0.29, 0.717) is 11.5 Å². The molecule has 0 saturated heterocycles. The molecule has 1 heterocycles. The van der Waals surface area contributed by atoms with Gasteiger partial charge < -0.3 is 14.9 Å². The van der Waals surface area contributed by atoms with Gasteiger partial charge in [-0.1, -0.05) is 36.5 Å². The first-order valence-corrected chi connectivity index (χ1v) is 6.04. The van der Waals surface area contributed by atoms with Crippen molar-refractivity contribution in [3.63, 3.8) is 0 Å². The van der Waals surface area contributed by atoms with Crippen LogP contribution in [0.5, 0.6) is 0 Å². The van der Waals surface area contributed by atoms with E-state index in [1.807, 2.05) is 12.1 Å². The lowest BCUT2D eigenvalue weighted by molar-refractivity contribution is 0.695.